The minimum Gasteiger partial charge on any atom is -0.406 e. The van der Waals surface area contributed by atoms with Crippen molar-refractivity contribution in [3.8, 4) is 22.7 Å². The van der Waals surface area contributed by atoms with Crippen LogP contribution in [-0.4, -0.2) is 96.9 Å². The van der Waals surface area contributed by atoms with Crippen molar-refractivity contribution in [1.29, 1.82) is 0 Å². The number of nitrogens with zero attached hydrogens (tertiary/aromatic N) is 9. The lowest BCUT2D eigenvalue weighted by molar-refractivity contribution is -0.274. The first kappa shape index (κ1) is 33.3. The van der Waals surface area contributed by atoms with E-state index in [-0.39, 0.29) is 35.9 Å². The zero-order valence-corrected chi connectivity index (χ0v) is 28.2. The molecule has 8 rings (SSSR count). The highest BCUT2D eigenvalue weighted by Crippen LogP contribution is 2.35. The Bertz CT molecular complexity index is 2330. The Balaban J connectivity index is 1.18. The van der Waals surface area contributed by atoms with E-state index in [4.69, 9.17) is 14.7 Å². The lowest BCUT2D eigenvalue weighted by Gasteiger charge is -2.30. The van der Waals surface area contributed by atoms with Crippen LogP contribution >= 0.6 is 0 Å². The Morgan fingerprint density at radius 3 is 2.62 bits per heavy atom. The van der Waals surface area contributed by atoms with E-state index in [0.717, 1.165) is 40.2 Å². The number of alkyl halides is 3. The smallest absolute Gasteiger partial charge is 0.406 e. The molecule has 1 amide bonds. The van der Waals surface area contributed by atoms with Crippen LogP contribution in [0.15, 0.2) is 67.1 Å². The number of aromatic nitrogens is 7. The lowest BCUT2D eigenvalue weighted by Crippen LogP contribution is -2.47. The van der Waals surface area contributed by atoms with Crippen molar-refractivity contribution in [2.24, 2.45) is 0 Å². The monoisotopic (exact) mass is 716 g/mol. The van der Waals surface area contributed by atoms with Gasteiger partial charge in [0.1, 0.15) is 41.3 Å². The molecule has 17 heteroatoms. The molecule has 1 N–H and O–H groups in total. The van der Waals surface area contributed by atoms with E-state index in [1.807, 2.05) is 48.2 Å². The number of carbonyl (C=O) groups is 1. The molecular weight excluding hydrogens is 684 g/mol. The number of halogens is 4. The number of rotatable bonds is 4. The summed E-state index contributed by atoms with van der Waals surface area (Å²) in [4.78, 5) is 36.6. The lowest BCUT2D eigenvalue weighted by atomic mass is 10.1. The summed E-state index contributed by atoms with van der Waals surface area (Å²) in [5.41, 5.74) is 3.50. The van der Waals surface area contributed by atoms with Gasteiger partial charge in [-0.05, 0) is 43.7 Å². The topological polar surface area (TPSA) is 128 Å². The van der Waals surface area contributed by atoms with Gasteiger partial charge in [-0.1, -0.05) is 18.2 Å². The molecule has 268 valence electrons. The molecule has 0 aliphatic carbocycles. The standard InChI is InChI=1S/C35H32F4N10O3/c1-19-43-27-8-4-6-23-26-7-5-9-30(45-26)44-20-12-29(34(50)46(2)16-22(51-3)17-47(19)31(23)27)48(15-20)32-24-14-42-49(33(24)41-18-40-32)28-11-10-21(13-25(28)36)52-35(37,38)39/h4-11,13-14,18,20,22,29H,12,15-17H2,1-3H3,(H,44,45)/t20-,22?,29-/m0/s1. The van der Waals surface area contributed by atoms with Gasteiger partial charge >= 0.3 is 6.36 Å². The summed E-state index contributed by atoms with van der Waals surface area (Å²) in [5, 5.41) is 8.26. The van der Waals surface area contributed by atoms with E-state index in [0.29, 0.717) is 42.6 Å². The second-order valence-corrected chi connectivity index (χ2v) is 12.8. The molecule has 2 aromatic carbocycles. The molecule has 1 fully saturated rings. The molecule has 2 aliphatic rings. The average Bonchev–Trinajstić information content (AvgIpc) is 3.81. The van der Waals surface area contributed by atoms with Crippen LogP contribution in [0.1, 0.15) is 12.2 Å². The molecule has 1 unspecified atom stereocenters. The van der Waals surface area contributed by atoms with Crippen molar-refractivity contribution in [2.45, 2.75) is 44.4 Å². The van der Waals surface area contributed by atoms with E-state index in [9.17, 15) is 18.0 Å². The highest BCUT2D eigenvalue weighted by molar-refractivity contribution is 5.93. The van der Waals surface area contributed by atoms with E-state index >= 15 is 4.39 Å². The number of nitrogens with one attached hydrogen (secondary N) is 1. The molecule has 4 aromatic heterocycles. The first-order valence-electron chi connectivity index (χ1n) is 16.5. The van der Waals surface area contributed by atoms with Crippen molar-refractivity contribution in [2.75, 3.05) is 37.5 Å². The Labute approximate surface area is 293 Å². The second-order valence-electron chi connectivity index (χ2n) is 12.8. The fourth-order valence-electron chi connectivity index (χ4n) is 7.17. The molecular formula is C35H32F4N10O3. The minimum absolute atomic E-state index is 0.146. The van der Waals surface area contributed by atoms with Gasteiger partial charge < -0.3 is 29.2 Å². The SMILES string of the molecule is COC1CN(C)C(=O)[C@@H]2C[C@@H](CN2c2ncnc3c2cnn3-c2ccc(OC(F)(F)F)cc2F)Nc2cccc(n2)-c2cccc3nc(C)n(c23)C1. The Morgan fingerprint density at radius 1 is 1.00 bits per heavy atom. The van der Waals surface area contributed by atoms with Gasteiger partial charge in [0, 0.05) is 44.9 Å². The summed E-state index contributed by atoms with van der Waals surface area (Å²) in [5.74, 6) is -0.0520. The highest BCUT2D eigenvalue weighted by atomic mass is 19.4. The van der Waals surface area contributed by atoms with Gasteiger partial charge in [0.25, 0.3) is 0 Å². The van der Waals surface area contributed by atoms with E-state index in [2.05, 4.69) is 29.7 Å². The predicted octanol–water partition coefficient (Wildman–Crippen LogP) is 5.12. The van der Waals surface area contributed by atoms with Gasteiger partial charge in [0.05, 0.1) is 41.0 Å². The van der Waals surface area contributed by atoms with Crippen molar-refractivity contribution < 1.29 is 31.8 Å². The summed E-state index contributed by atoms with van der Waals surface area (Å²) in [6.07, 6.45) is -2.22. The first-order chi connectivity index (χ1) is 25.0. The maximum atomic E-state index is 15.2. The maximum absolute atomic E-state index is 15.2. The quantitative estimate of drug-likeness (QED) is 0.246. The van der Waals surface area contributed by atoms with Crippen molar-refractivity contribution in [1.82, 2.24) is 39.2 Å². The second kappa shape index (κ2) is 12.7. The molecule has 3 atom stereocenters. The third-order valence-corrected chi connectivity index (χ3v) is 9.49. The van der Waals surface area contributed by atoms with Gasteiger partial charge in [0.2, 0.25) is 5.91 Å². The highest BCUT2D eigenvalue weighted by Gasteiger charge is 2.41. The third-order valence-electron chi connectivity index (χ3n) is 9.49. The Kier molecular flexibility index (Phi) is 8.16. The number of carbonyl (C=O) groups excluding carboxylic acids is 1. The van der Waals surface area contributed by atoms with Crippen LogP contribution in [0.5, 0.6) is 5.75 Å². The molecule has 0 saturated carbocycles. The normalized spacial score (nSPS) is 19.5. The number of para-hydroxylation sites is 1. The number of amides is 1. The zero-order chi connectivity index (χ0) is 36.3. The Hall–Kier alpha value is -5.84. The van der Waals surface area contributed by atoms with E-state index in [1.54, 1.807) is 19.1 Å². The van der Waals surface area contributed by atoms with Gasteiger partial charge in [0.15, 0.2) is 11.5 Å². The summed E-state index contributed by atoms with van der Waals surface area (Å²) in [7, 11) is 3.36. The van der Waals surface area contributed by atoms with E-state index < -0.39 is 24.0 Å². The molecule has 13 nitrogen and oxygen atoms in total. The minimum atomic E-state index is -4.98. The number of pyridine rings is 1. The van der Waals surface area contributed by atoms with Crippen LogP contribution in [0, 0.1) is 12.7 Å². The van der Waals surface area contributed by atoms with Crippen molar-refractivity contribution in [3.05, 3.63) is 78.8 Å². The number of anilines is 2. The van der Waals surface area contributed by atoms with Crippen LogP contribution in [0.4, 0.5) is 29.2 Å². The Morgan fingerprint density at radius 2 is 1.83 bits per heavy atom. The van der Waals surface area contributed by atoms with Crippen molar-refractivity contribution in [3.63, 3.8) is 0 Å². The third kappa shape index (κ3) is 5.99. The van der Waals surface area contributed by atoms with Crippen LogP contribution in [0.3, 0.4) is 0 Å². The van der Waals surface area contributed by atoms with Crippen LogP contribution in [-0.2, 0) is 16.1 Å². The predicted molar refractivity (Wildman–Crippen MR) is 183 cm³/mol. The van der Waals surface area contributed by atoms with Crippen LogP contribution in [0.25, 0.3) is 39.0 Å². The van der Waals surface area contributed by atoms with Crippen LogP contribution in [0.2, 0.25) is 0 Å². The molecule has 2 aliphatic heterocycles. The van der Waals surface area contributed by atoms with Crippen LogP contribution < -0.4 is 15.0 Å². The fraction of sp³-hybridized carbons (Fsp3) is 0.314. The number of benzene rings is 2. The molecule has 6 aromatic rings. The summed E-state index contributed by atoms with van der Waals surface area (Å²) < 4.78 is 66.4. The number of imidazole rings is 1. The maximum Gasteiger partial charge on any atom is 0.573 e. The summed E-state index contributed by atoms with van der Waals surface area (Å²) in [6.45, 7) is 3.02. The fourth-order valence-corrected chi connectivity index (χ4v) is 7.17. The number of fused-ring (bicyclic) bond motifs is 6. The molecule has 1 saturated heterocycles. The molecule has 52 heavy (non-hydrogen) atoms. The molecule has 4 bridgehead atoms. The number of methoxy groups -OCH3 is 1. The summed E-state index contributed by atoms with van der Waals surface area (Å²) >= 11 is 0. The molecule has 0 radical (unpaired) electrons. The van der Waals surface area contributed by atoms with Crippen molar-refractivity contribution >= 4 is 39.6 Å². The molecule has 0 spiro atoms. The average molecular weight is 717 g/mol. The van der Waals surface area contributed by atoms with Gasteiger partial charge in [-0.2, -0.15) is 5.10 Å². The molecule has 6 heterocycles. The summed E-state index contributed by atoms with van der Waals surface area (Å²) in [6, 6.07) is 13.5. The van der Waals surface area contributed by atoms with Gasteiger partial charge in [-0.25, -0.2) is 29.0 Å². The number of aryl methyl sites for hydroxylation is 1. The zero-order valence-electron chi connectivity index (χ0n) is 28.2. The number of likely N-dealkylation sites (N-methyl/N-ethyl adjacent to an activating group) is 1. The number of ether oxygens (including phenoxy) is 2. The van der Waals surface area contributed by atoms with Gasteiger partial charge in [-0.15, -0.1) is 13.2 Å². The van der Waals surface area contributed by atoms with E-state index in [1.165, 1.54) is 17.2 Å². The largest absolute Gasteiger partial charge is 0.573 e. The first-order valence-corrected chi connectivity index (χ1v) is 16.5. The number of hydrogen-bond donors (Lipinski definition) is 1. The van der Waals surface area contributed by atoms with Gasteiger partial charge in [-0.3, -0.25) is 4.79 Å². The number of hydrogen-bond acceptors (Lipinski definition) is 10.